The number of aromatic nitrogens is 4. The first kappa shape index (κ1) is 16.2. The van der Waals surface area contributed by atoms with Gasteiger partial charge in [0.15, 0.2) is 11.6 Å². The maximum Gasteiger partial charge on any atom is 0.198 e. The van der Waals surface area contributed by atoms with Crippen molar-refractivity contribution in [3.05, 3.63) is 21.7 Å². The Kier molecular flexibility index (Phi) is 5.55. The Balaban J connectivity index is 2.47. The van der Waals surface area contributed by atoms with E-state index in [1.54, 1.807) is 6.20 Å². The molecule has 1 N–H and O–H groups in total. The highest BCUT2D eigenvalue weighted by Crippen LogP contribution is 2.25. The average Bonchev–Trinajstić information content (AvgIpc) is 2.85. The van der Waals surface area contributed by atoms with Crippen LogP contribution in [0.3, 0.4) is 0 Å². The van der Waals surface area contributed by atoms with Crippen molar-refractivity contribution in [2.24, 2.45) is 13.0 Å². The van der Waals surface area contributed by atoms with E-state index in [1.165, 1.54) is 0 Å². The minimum absolute atomic E-state index is 0.557. The van der Waals surface area contributed by atoms with E-state index >= 15 is 0 Å². The van der Waals surface area contributed by atoms with E-state index in [1.807, 2.05) is 17.8 Å². The third kappa shape index (κ3) is 3.93. The van der Waals surface area contributed by atoms with E-state index < -0.39 is 0 Å². The number of hydrogen-bond acceptors (Lipinski definition) is 4. The number of rotatable bonds is 6. The Morgan fingerprint density at radius 3 is 2.67 bits per heavy atom. The Morgan fingerprint density at radius 1 is 1.33 bits per heavy atom. The monoisotopic (exact) mass is 399 g/mol. The summed E-state index contributed by atoms with van der Waals surface area (Å²) in [5.74, 6) is 2.97. The molecule has 2 rings (SSSR count). The fourth-order valence-corrected chi connectivity index (χ4v) is 2.71. The molecule has 0 bridgehead atoms. The number of halogens is 1. The Hall–Kier alpha value is -1.18. The van der Waals surface area contributed by atoms with Crippen LogP contribution < -0.4 is 5.32 Å². The minimum Gasteiger partial charge on any atom is -0.369 e. The molecule has 0 saturated carbocycles. The summed E-state index contributed by atoms with van der Waals surface area (Å²) in [6, 6.07) is 0. The molecule has 0 fully saturated rings. The molecule has 0 aliphatic carbocycles. The van der Waals surface area contributed by atoms with Gasteiger partial charge in [0, 0.05) is 26.0 Å². The van der Waals surface area contributed by atoms with Crippen molar-refractivity contribution < 1.29 is 0 Å². The number of aryl methyl sites for hydroxylation is 1. The van der Waals surface area contributed by atoms with Crippen LogP contribution in [-0.2, 0) is 13.5 Å². The third-order valence-electron chi connectivity index (χ3n) is 3.09. The van der Waals surface area contributed by atoms with Crippen molar-refractivity contribution in [2.45, 2.75) is 33.6 Å². The summed E-state index contributed by atoms with van der Waals surface area (Å²) in [7, 11) is 1.96. The number of anilines is 1. The molecule has 0 spiro atoms. The summed E-state index contributed by atoms with van der Waals surface area (Å²) >= 11 is 2.34. The normalized spacial score (nSPS) is 11.1. The number of hydrogen-bond donors (Lipinski definition) is 1. The molecule has 114 valence electrons. The molecule has 0 aliphatic heterocycles. The summed E-state index contributed by atoms with van der Waals surface area (Å²) < 4.78 is 3.07. The Morgan fingerprint density at radius 2 is 2.10 bits per heavy atom. The summed E-state index contributed by atoms with van der Waals surface area (Å²) in [6.07, 6.45) is 5.70. The topological polar surface area (TPSA) is 55.6 Å². The maximum absolute atomic E-state index is 4.74. The maximum atomic E-state index is 4.74. The van der Waals surface area contributed by atoms with Crippen LogP contribution in [-0.4, -0.2) is 26.1 Å². The molecule has 0 aromatic carbocycles. The van der Waals surface area contributed by atoms with Crippen LogP contribution in [0, 0.1) is 9.49 Å². The predicted molar refractivity (Wildman–Crippen MR) is 94.3 cm³/mol. The van der Waals surface area contributed by atoms with Crippen molar-refractivity contribution in [1.29, 1.82) is 0 Å². The highest BCUT2D eigenvalue weighted by molar-refractivity contribution is 14.1. The number of nitrogens with one attached hydrogen (secondary N) is 1. The van der Waals surface area contributed by atoms with E-state index in [-0.39, 0.29) is 0 Å². The zero-order valence-corrected chi connectivity index (χ0v) is 15.2. The van der Waals surface area contributed by atoms with Crippen molar-refractivity contribution in [3.8, 4) is 11.6 Å². The molecule has 6 heteroatoms. The fraction of sp³-hybridized carbons (Fsp3) is 0.533. The SMILES string of the molecule is CCCNc1nc(-c2nccn2C)nc(CC(C)C)c1I. The number of imidazole rings is 1. The van der Waals surface area contributed by atoms with Gasteiger partial charge in [-0.25, -0.2) is 15.0 Å². The van der Waals surface area contributed by atoms with E-state index in [0.29, 0.717) is 11.7 Å². The lowest BCUT2D eigenvalue weighted by molar-refractivity contribution is 0.632. The Labute approximate surface area is 139 Å². The first-order valence-corrected chi connectivity index (χ1v) is 8.38. The summed E-state index contributed by atoms with van der Waals surface area (Å²) in [5.41, 5.74) is 1.09. The van der Waals surface area contributed by atoms with Crippen molar-refractivity contribution in [2.75, 3.05) is 11.9 Å². The average molecular weight is 399 g/mol. The quantitative estimate of drug-likeness (QED) is 0.756. The second-order valence-electron chi connectivity index (χ2n) is 5.54. The lowest BCUT2D eigenvalue weighted by Crippen LogP contribution is -2.11. The van der Waals surface area contributed by atoms with Crippen molar-refractivity contribution in [3.63, 3.8) is 0 Å². The highest BCUT2D eigenvalue weighted by atomic mass is 127. The molecular formula is C15H22IN5. The van der Waals surface area contributed by atoms with Gasteiger partial charge in [0.1, 0.15) is 5.82 Å². The van der Waals surface area contributed by atoms with E-state index in [4.69, 9.17) is 4.98 Å². The van der Waals surface area contributed by atoms with Gasteiger partial charge in [0.25, 0.3) is 0 Å². The first-order valence-electron chi connectivity index (χ1n) is 7.30. The summed E-state index contributed by atoms with van der Waals surface area (Å²) in [4.78, 5) is 13.8. The van der Waals surface area contributed by atoms with E-state index in [0.717, 1.165) is 40.3 Å². The molecule has 0 saturated heterocycles. The molecule has 0 aliphatic rings. The van der Waals surface area contributed by atoms with E-state index in [9.17, 15) is 0 Å². The van der Waals surface area contributed by atoms with Gasteiger partial charge in [-0.1, -0.05) is 20.8 Å². The predicted octanol–water partition coefficient (Wildman–Crippen LogP) is 3.50. The minimum atomic E-state index is 0.557. The molecule has 0 radical (unpaired) electrons. The van der Waals surface area contributed by atoms with Gasteiger partial charge in [0.2, 0.25) is 0 Å². The standard InChI is InChI=1S/C15H22IN5/c1-5-6-17-13-12(16)11(9-10(2)3)19-14(20-13)15-18-7-8-21(15)4/h7-8,10H,5-6,9H2,1-4H3,(H,17,19,20). The van der Waals surface area contributed by atoms with Gasteiger partial charge in [0.05, 0.1) is 9.26 Å². The Bertz CT molecular complexity index is 606. The van der Waals surface area contributed by atoms with Crippen molar-refractivity contribution in [1.82, 2.24) is 19.5 Å². The smallest absolute Gasteiger partial charge is 0.198 e. The van der Waals surface area contributed by atoms with Crippen LogP contribution in [0.25, 0.3) is 11.6 Å². The number of nitrogens with zero attached hydrogens (tertiary/aromatic N) is 4. The molecule has 0 atom stereocenters. The molecule has 2 heterocycles. The van der Waals surface area contributed by atoms with Crippen LogP contribution in [0.2, 0.25) is 0 Å². The highest BCUT2D eigenvalue weighted by Gasteiger charge is 2.16. The molecule has 0 unspecified atom stereocenters. The van der Waals surface area contributed by atoms with Gasteiger partial charge in [-0.2, -0.15) is 0 Å². The lowest BCUT2D eigenvalue weighted by Gasteiger charge is -2.14. The van der Waals surface area contributed by atoms with Gasteiger partial charge in [-0.05, 0) is 41.4 Å². The van der Waals surface area contributed by atoms with E-state index in [2.05, 4.69) is 58.6 Å². The molecular weight excluding hydrogens is 377 g/mol. The van der Waals surface area contributed by atoms with Crippen LogP contribution in [0.1, 0.15) is 32.9 Å². The van der Waals surface area contributed by atoms with Gasteiger partial charge >= 0.3 is 0 Å². The molecule has 5 nitrogen and oxygen atoms in total. The molecule has 2 aromatic rings. The lowest BCUT2D eigenvalue weighted by atomic mass is 10.1. The molecule has 2 aromatic heterocycles. The van der Waals surface area contributed by atoms with Crippen LogP contribution in [0.5, 0.6) is 0 Å². The second kappa shape index (κ2) is 7.20. The fourth-order valence-electron chi connectivity index (χ4n) is 2.06. The first-order chi connectivity index (χ1) is 10.0. The zero-order chi connectivity index (χ0) is 15.4. The third-order valence-corrected chi connectivity index (χ3v) is 4.22. The largest absolute Gasteiger partial charge is 0.369 e. The van der Waals surface area contributed by atoms with Gasteiger partial charge in [-0.3, -0.25) is 0 Å². The van der Waals surface area contributed by atoms with Gasteiger partial charge in [-0.15, -0.1) is 0 Å². The summed E-state index contributed by atoms with van der Waals surface area (Å²) in [5, 5.41) is 3.40. The van der Waals surface area contributed by atoms with Crippen molar-refractivity contribution >= 4 is 28.4 Å². The molecule has 21 heavy (non-hydrogen) atoms. The zero-order valence-electron chi connectivity index (χ0n) is 13.0. The summed E-state index contributed by atoms with van der Waals surface area (Å²) in [6.45, 7) is 7.47. The molecule has 0 amide bonds. The second-order valence-corrected chi connectivity index (χ2v) is 6.62. The van der Waals surface area contributed by atoms with Crippen LogP contribution >= 0.6 is 22.6 Å². The van der Waals surface area contributed by atoms with Crippen LogP contribution in [0.4, 0.5) is 5.82 Å². The van der Waals surface area contributed by atoms with Crippen LogP contribution in [0.15, 0.2) is 12.4 Å². The van der Waals surface area contributed by atoms with Gasteiger partial charge < -0.3 is 9.88 Å².